The average molecular weight is 190 g/mol. The Kier molecular flexibility index (Phi) is 1.41. The topological polar surface area (TPSA) is 0 Å². The highest BCUT2D eigenvalue weighted by Gasteiger charge is 1.70. The van der Waals surface area contributed by atoms with Gasteiger partial charge in [-0.05, 0) is 6.92 Å². The van der Waals surface area contributed by atoms with Crippen LogP contribution in [-0.2, 0) is 0 Å². The molecule has 1 unspecified atom stereocenters. The van der Waals surface area contributed by atoms with Gasteiger partial charge < -0.3 is 0 Å². The third-order valence-electron chi connectivity index (χ3n) is 0. The molecule has 0 aliphatic heterocycles. The van der Waals surface area contributed by atoms with E-state index >= 15 is 0 Å². The molecule has 0 spiro atoms. The third-order valence-corrected chi connectivity index (χ3v) is 0. The number of halogens is 1. The summed E-state index contributed by atoms with van der Waals surface area (Å²) in [5.41, 5.74) is 0. The fourth-order valence-electron chi connectivity index (χ4n) is 0. The SMILES string of the molecule is [2H]P([2H])C(C)I. The maximum absolute atomic E-state index is 6.76. The van der Waals surface area contributed by atoms with Crippen molar-refractivity contribution in [3.05, 3.63) is 0 Å². The van der Waals surface area contributed by atoms with E-state index in [0.29, 0.717) is 0 Å². The van der Waals surface area contributed by atoms with E-state index in [1.807, 2.05) is 6.92 Å². The van der Waals surface area contributed by atoms with E-state index in [1.54, 1.807) is 0 Å². The Morgan fingerprint density at radius 3 is 2.75 bits per heavy atom. The molecule has 0 radical (unpaired) electrons. The Morgan fingerprint density at radius 1 is 2.50 bits per heavy atom. The highest BCUT2D eigenvalue weighted by Crippen LogP contribution is 2.04. The molecule has 0 nitrogen and oxygen atoms in total. The fourth-order valence-corrected chi connectivity index (χ4v) is 0. The zero-order chi connectivity index (χ0) is 5.15. The van der Waals surface area contributed by atoms with Gasteiger partial charge in [0.1, 0.15) is 0 Å². The summed E-state index contributed by atoms with van der Waals surface area (Å²) in [7, 11) is -1.17. The number of rotatable bonds is 1. The number of hydrogen-bond donors (Lipinski definition) is 0. The predicted molar refractivity (Wildman–Crippen MR) is 33.2 cm³/mol. The third kappa shape index (κ3) is 11.0. The van der Waals surface area contributed by atoms with Crippen LogP contribution in [0.4, 0.5) is 0 Å². The second kappa shape index (κ2) is 2.40. The summed E-state index contributed by atoms with van der Waals surface area (Å²) in [5.74, 6) is 0. The van der Waals surface area contributed by atoms with Crippen molar-refractivity contribution in [3.63, 3.8) is 0 Å². The lowest BCUT2D eigenvalue weighted by Gasteiger charge is -1.76. The summed E-state index contributed by atoms with van der Waals surface area (Å²) < 4.78 is 13.7. The molecule has 2 heteroatoms. The van der Waals surface area contributed by atoms with E-state index in [4.69, 9.17) is 2.56 Å². The zero-order valence-corrected chi connectivity index (χ0v) is 5.45. The van der Waals surface area contributed by atoms with Crippen LogP contribution in [0.25, 0.3) is 0 Å². The Hall–Kier alpha value is 1.16. The van der Waals surface area contributed by atoms with Crippen LogP contribution in [0.3, 0.4) is 0 Å². The first-order valence-corrected chi connectivity index (χ1v) is 2.82. The van der Waals surface area contributed by atoms with Gasteiger partial charge in [-0.2, -0.15) is 0 Å². The second-order valence-electron chi connectivity index (χ2n) is 0.574. The molecule has 0 heterocycles. The molecule has 0 N–H and O–H groups in total. The number of alkyl halides is 1. The van der Waals surface area contributed by atoms with Crippen LogP contribution in [0.15, 0.2) is 0 Å². The first-order valence-electron chi connectivity index (χ1n) is 1.95. The number of hydrogen-bond acceptors (Lipinski definition) is 0. The van der Waals surface area contributed by atoms with Gasteiger partial charge in [-0.15, -0.1) is 9.13 Å². The van der Waals surface area contributed by atoms with Crippen molar-refractivity contribution in [1.29, 1.82) is 2.56 Å². The average Bonchev–Trinajstić information content (AvgIpc) is 1.36. The van der Waals surface area contributed by atoms with Gasteiger partial charge in [0, 0.05) is 3.67 Å². The van der Waals surface area contributed by atoms with E-state index in [1.165, 1.54) is 0 Å². The lowest BCUT2D eigenvalue weighted by molar-refractivity contribution is 1.49. The molecule has 0 bridgehead atoms. The molecule has 0 aliphatic rings. The van der Waals surface area contributed by atoms with Crippen molar-refractivity contribution in [3.8, 4) is 0 Å². The van der Waals surface area contributed by atoms with E-state index in [0.717, 1.165) is 0 Å². The minimum absolute atomic E-state index is 0.220. The van der Waals surface area contributed by atoms with Crippen molar-refractivity contribution in [2.75, 3.05) is 0 Å². The molecule has 26 valence electrons. The van der Waals surface area contributed by atoms with E-state index in [2.05, 4.69) is 22.6 Å². The maximum atomic E-state index is 6.76. The Bertz CT molecular complexity index is 32.5. The quantitative estimate of drug-likeness (QED) is 0.335. The van der Waals surface area contributed by atoms with Crippen LogP contribution in [0.1, 0.15) is 6.92 Å². The highest BCUT2D eigenvalue weighted by molar-refractivity contribution is 14.1. The van der Waals surface area contributed by atoms with E-state index < -0.39 is 9.13 Å². The summed E-state index contributed by atoms with van der Waals surface area (Å²) in [6, 6.07) is 0. The molecule has 0 fully saturated rings. The Balaban J connectivity index is 2.99. The van der Waals surface area contributed by atoms with Crippen LogP contribution in [0.2, 0.25) is 0 Å². The van der Waals surface area contributed by atoms with Crippen LogP contribution in [0.5, 0.6) is 0 Å². The van der Waals surface area contributed by atoms with E-state index in [-0.39, 0.29) is 3.67 Å². The molecular formula is C2H6IP. The second-order valence-corrected chi connectivity index (χ2v) is 4.20. The lowest BCUT2D eigenvalue weighted by Crippen LogP contribution is -1.59. The van der Waals surface area contributed by atoms with Crippen molar-refractivity contribution in [2.24, 2.45) is 0 Å². The molecule has 0 aromatic rings. The molecule has 0 rings (SSSR count). The summed E-state index contributed by atoms with van der Waals surface area (Å²) in [6.45, 7) is 1.88. The van der Waals surface area contributed by atoms with Crippen LogP contribution in [-0.4, -0.2) is 6.22 Å². The van der Waals surface area contributed by atoms with Gasteiger partial charge in [0.15, 0.2) is 0 Å². The summed E-state index contributed by atoms with van der Waals surface area (Å²) in [6.07, 6.45) is 0. The zero-order valence-electron chi connectivity index (χ0n) is 4.40. The molecule has 0 aromatic heterocycles. The molecule has 0 amide bonds. The lowest BCUT2D eigenvalue weighted by atomic mass is 11.0. The van der Waals surface area contributed by atoms with Crippen molar-refractivity contribution >= 4 is 31.7 Å². The molecule has 4 heavy (non-hydrogen) atoms. The standard InChI is InChI=1S/C2H6IP/c1-2(3)4/h2H,4H2,1H3/i4D2. The molecule has 0 saturated carbocycles. The molecule has 1 atom stereocenters. The first kappa shape index (κ1) is 2.35. The summed E-state index contributed by atoms with van der Waals surface area (Å²) in [4.78, 5) is 0. The van der Waals surface area contributed by atoms with Crippen molar-refractivity contribution in [1.82, 2.24) is 0 Å². The van der Waals surface area contributed by atoms with Gasteiger partial charge in [-0.1, -0.05) is 22.6 Å². The van der Waals surface area contributed by atoms with Crippen LogP contribution < -0.4 is 0 Å². The molecule has 0 aliphatic carbocycles. The highest BCUT2D eigenvalue weighted by atomic mass is 127. The van der Waals surface area contributed by atoms with Gasteiger partial charge in [-0.25, -0.2) is 0 Å². The van der Waals surface area contributed by atoms with Gasteiger partial charge in [0.2, 0.25) is 0 Å². The molecule has 0 aromatic carbocycles. The summed E-state index contributed by atoms with van der Waals surface area (Å²) in [5, 5.41) is 0. The van der Waals surface area contributed by atoms with Gasteiger partial charge in [0.05, 0.1) is 2.56 Å². The molecule has 0 saturated heterocycles. The minimum Gasteiger partial charge on any atom is -0.124 e. The normalized spacial score (nSPS) is 23.8. The minimum atomic E-state index is -1.17. The molecular weight excluding hydrogens is 182 g/mol. The maximum Gasteiger partial charge on any atom is 0.0556 e. The van der Waals surface area contributed by atoms with Crippen molar-refractivity contribution < 1.29 is 0 Å². The van der Waals surface area contributed by atoms with Crippen LogP contribution >= 0.6 is 31.7 Å². The fraction of sp³-hybridized carbons (Fsp3) is 1.00. The summed E-state index contributed by atoms with van der Waals surface area (Å²) >= 11 is 2.09. The Morgan fingerprint density at radius 2 is 2.75 bits per heavy atom. The Labute approximate surface area is 45.3 Å². The largest absolute Gasteiger partial charge is 0.124 e. The van der Waals surface area contributed by atoms with Gasteiger partial charge in [0.25, 0.3) is 0 Å². The smallest absolute Gasteiger partial charge is 0.0556 e. The monoisotopic (exact) mass is 190 g/mol. The van der Waals surface area contributed by atoms with Crippen molar-refractivity contribution in [2.45, 2.75) is 10.6 Å². The first-order chi connectivity index (χ1) is 2.64. The van der Waals surface area contributed by atoms with Gasteiger partial charge >= 0.3 is 0 Å². The van der Waals surface area contributed by atoms with Crippen LogP contribution in [0, 0.1) is 0 Å². The predicted octanol–water partition coefficient (Wildman–Crippen LogP) is 1.64. The van der Waals surface area contributed by atoms with Gasteiger partial charge in [-0.3, -0.25) is 0 Å². The van der Waals surface area contributed by atoms with E-state index in [9.17, 15) is 0 Å².